The van der Waals surface area contributed by atoms with Crippen LogP contribution in [0.4, 0.5) is 10.6 Å². The van der Waals surface area contributed by atoms with E-state index in [9.17, 15) is 14.7 Å². The summed E-state index contributed by atoms with van der Waals surface area (Å²) in [5.41, 5.74) is 5.85. The number of ether oxygens (including phenoxy) is 1. The SMILES string of the molecule is CCc1nc2c(C)cc(-c3ccc(C(=O)N4CCC(O)CC4)cc3)cn2c1NC(=O)NCc1ccc(OC)c(Cl)c1. The van der Waals surface area contributed by atoms with Crippen LogP contribution < -0.4 is 15.4 Å². The highest BCUT2D eigenvalue weighted by atomic mass is 35.5. The van der Waals surface area contributed by atoms with Crippen molar-refractivity contribution < 1.29 is 19.4 Å². The summed E-state index contributed by atoms with van der Waals surface area (Å²) in [4.78, 5) is 32.4. The third-order valence-electron chi connectivity index (χ3n) is 7.43. The molecule has 0 aliphatic carbocycles. The molecule has 2 aromatic carbocycles. The number of aryl methyl sites for hydroxylation is 2. The van der Waals surface area contributed by atoms with Crippen molar-refractivity contribution in [1.82, 2.24) is 19.6 Å². The third kappa shape index (κ3) is 6.16. The zero-order valence-electron chi connectivity index (χ0n) is 23.4. The Bertz CT molecular complexity index is 1580. The minimum atomic E-state index is -0.357. The van der Waals surface area contributed by atoms with Gasteiger partial charge in [0.15, 0.2) is 0 Å². The Balaban J connectivity index is 1.35. The molecule has 4 aromatic rings. The van der Waals surface area contributed by atoms with E-state index in [1.165, 1.54) is 0 Å². The molecule has 3 heterocycles. The lowest BCUT2D eigenvalue weighted by Gasteiger charge is -2.29. The minimum Gasteiger partial charge on any atom is -0.495 e. The number of likely N-dealkylation sites (tertiary alicyclic amines) is 1. The Labute approximate surface area is 244 Å². The van der Waals surface area contributed by atoms with Gasteiger partial charge in [0.1, 0.15) is 17.2 Å². The van der Waals surface area contributed by atoms with Crippen LogP contribution in [-0.4, -0.2) is 57.6 Å². The maximum Gasteiger partial charge on any atom is 0.320 e. The van der Waals surface area contributed by atoms with E-state index >= 15 is 0 Å². The van der Waals surface area contributed by atoms with Gasteiger partial charge in [0, 0.05) is 31.4 Å². The molecule has 0 radical (unpaired) electrons. The summed E-state index contributed by atoms with van der Waals surface area (Å²) in [6.07, 6.45) is 3.49. The van der Waals surface area contributed by atoms with Gasteiger partial charge >= 0.3 is 6.03 Å². The monoisotopic (exact) mass is 575 g/mol. The molecule has 10 heteroatoms. The summed E-state index contributed by atoms with van der Waals surface area (Å²) in [5.74, 6) is 1.16. The molecule has 0 unspecified atom stereocenters. The Morgan fingerprint density at radius 2 is 1.83 bits per heavy atom. The fraction of sp³-hybridized carbons (Fsp3) is 0.323. The molecule has 1 saturated heterocycles. The van der Waals surface area contributed by atoms with E-state index < -0.39 is 0 Å². The van der Waals surface area contributed by atoms with E-state index in [0.29, 0.717) is 61.1 Å². The average Bonchev–Trinajstić information content (AvgIpc) is 3.34. The van der Waals surface area contributed by atoms with Crippen molar-refractivity contribution in [3.05, 3.63) is 82.1 Å². The fourth-order valence-corrected chi connectivity index (χ4v) is 5.39. The van der Waals surface area contributed by atoms with Crippen LogP contribution in [0.1, 0.15) is 46.9 Å². The van der Waals surface area contributed by atoms with Gasteiger partial charge in [0.25, 0.3) is 5.91 Å². The number of aliphatic hydroxyl groups excluding tert-OH is 1. The van der Waals surface area contributed by atoms with Crippen LogP contribution in [0.15, 0.2) is 54.7 Å². The molecule has 9 nitrogen and oxygen atoms in total. The van der Waals surface area contributed by atoms with E-state index in [-0.39, 0.29) is 18.0 Å². The average molecular weight is 576 g/mol. The van der Waals surface area contributed by atoms with Crippen molar-refractivity contribution in [1.29, 1.82) is 0 Å². The van der Waals surface area contributed by atoms with Crippen molar-refractivity contribution in [2.75, 3.05) is 25.5 Å². The number of piperidine rings is 1. The van der Waals surface area contributed by atoms with Crippen molar-refractivity contribution in [3.8, 4) is 16.9 Å². The summed E-state index contributed by atoms with van der Waals surface area (Å²) in [6.45, 7) is 5.41. The van der Waals surface area contributed by atoms with Crippen LogP contribution in [-0.2, 0) is 13.0 Å². The number of hydrogen-bond acceptors (Lipinski definition) is 5. The summed E-state index contributed by atoms with van der Waals surface area (Å²) in [5, 5.41) is 16.1. The van der Waals surface area contributed by atoms with Crippen LogP contribution in [0.3, 0.4) is 0 Å². The highest BCUT2D eigenvalue weighted by molar-refractivity contribution is 6.32. The number of fused-ring (bicyclic) bond motifs is 1. The van der Waals surface area contributed by atoms with E-state index in [2.05, 4.69) is 16.7 Å². The molecule has 41 heavy (non-hydrogen) atoms. The molecule has 0 saturated carbocycles. The first kappa shape index (κ1) is 28.4. The number of amides is 3. The molecule has 1 fully saturated rings. The van der Waals surface area contributed by atoms with Crippen molar-refractivity contribution in [2.45, 2.75) is 45.8 Å². The number of nitrogens with zero attached hydrogens (tertiary/aromatic N) is 3. The molecule has 3 amide bonds. The molecule has 0 bridgehead atoms. The Kier molecular flexibility index (Phi) is 8.46. The largest absolute Gasteiger partial charge is 0.495 e. The number of benzene rings is 2. The number of imidazole rings is 1. The lowest BCUT2D eigenvalue weighted by atomic mass is 10.0. The van der Waals surface area contributed by atoms with Crippen molar-refractivity contribution in [2.24, 2.45) is 0 Å². The molecular formula is C31H34ClN5O4. The van der Waals surface area contributed by atoms with Crippen LogP contribution in [0.25, 0.3) is 16.8 Å². The highest BCUT2D eigenvalue weighted by Gasteiger charge is 2.22. The van der Waals surface area contributed by atoms with Gasteiger partial charge in [-0.3, -0.25) is 14.5 Å². The number of aliphatic hydroxyl groups is 1. The molecular weight excluding hydrogens is 542 g/mol. The van der Waals surface area contributed by atoms with Gasteiger partial charge in [-0.2, -0.15) is 0 Å². The van der Waals surface area contributed by atoms with Crippen LogP contribution in [0.2, 0.25) is 5.02 Å². The van der Waals surface area contributed by atoms with Gasteiger partial charge in [-0.05, 0) is 78.8 Å². The van der Waals surface area contributed by atoms with Crippen LogP contribution in [0.5, 0.6) is 5.75 Å². The molecule has 1 aliphatic heterocycles. The molecule has 214 valence electrons. The first-order chi connectivity index (χ1) is 19.8. The number of halogens is 1. The lowest BCUT2D eigenvalue weighted by molar-refractivity contribution is 0.0546. The first-order valence-electron chi connectivity index (χ1n) is 13.7. The van der Waals surface area contributed by atoms with Gasteiger partial charge in [-0.25, -0.2) is 9.78 Å². The fourth-order valence-electron chi connectivity index (χ4n) is 5.11. The minimum absolute atomic E-state index is 0.0216. The van der Waals surface area contributed by atoms with Crippen LogP contribution >= 0.6 is 11.6 Å². The second-order valence-corrected chi connectivity index (χ2v) is 10.7. The number of carbonyl (C=O) groups is 2. The number of aromatic nitrogens is 2. The zero-order valence-corrected chi connectivity index (χ0v) is 24.2. The predicted molar refractivity (Wildman–Crippen MR) is 160 cm³/mol. The van der Waals surface area contributed by atoms with Gasteiger partial charge in [0.2, 0.25) is 0 Å². The van der Waals surface area contributed by atoms with Gasteiger partial charge in [0.05, 0.1) is 23.9 Å². The number of methoxy groups -OCH3 is 1. The maximum absolute atomic E-state index is 12.9. The number of urea groups is 1. The highest BCUT2D eigenvalue weighted by Crippen LogP contribution is 2.28. The number of rotatable bonds is 7. The summed E-state index contributed by atoms with van der Waals surface area (Å²) >= 11 is 6.22. The van der Waals surface area contributed by atoms with Crippen molar-refractivity contribution >= 4 is 35.0 Å². The first-order valence-corrected chi connectivity index (χ1v) is 14.1. The molecule has 3 N–H and O–H groups in total. The Morgan fingerprint density at radius 3 is 2.49 bits per heavy atom. The number of nitrogens with one attached hydrogen (secondary N) is 2. The van der Waals surface area contributed by atoms with Gasteiger partial charge < -0.3 is 20.1 Å². The number of pyridine rings is 1. The van der Waals surface area contributed by atoms with Gasteiger partial charge in [-0.1, -0.05) is 36.7 Å². The third-order valence-corrected chi connectivity index (χ3v) is 7.72. The Hall–Kier alpha value is -4.08. The molecule has 5 rings (SSSR count). The summed E-state index contributed by atoms with van der Waals surface area (Å²) in [6, 6.07) is 14.6. The van der Waals surface area contributed by atoms with Crippen molar-refractivity contribution in [3.63, 3.8) is 0 Å². The number of anilines is 1. The Morgan fingerprint density at radius 1 is 1.10 bits per heavy atom. The smallest absolute Gasteiger partial charge is 0.320 e. The van der Waals surface area contributed by atoms with Gasteiger partial charge in [-0.15, -0.1) is 0 Å². The zero-order chi connectivity index (χ0) is 29.1. The van der Waals surface area contributed by atoms with E-state index in [1.807, 2.05) is 54.8 Å². The second kappa shape index (κ2) is 12.2. The predicted octanol–water partition coefficient (Wildman–Crippen LogP) is 5.45. The normalized spacial score (nSPS) is 13.8. The second-order valence-electron chi connectivity index (χ2n) is 10.2. The molecule has 2 aromatic heterocycles. The number of hydrogen-bond donors (Lipinski definition) is 3. The topological polar surface area (TPSA) is 108 Å². The summed E-state index contributed by atoms with van der Waals surface area (Å²) in [7, 11) is 1.56. The molecule has 1 aliphatic rings. The van der Waals surface area contributed by atoms with Crippen LogP contribution in [0, 0.1) is 6.92 Å². The standard InChI is InChI=1S/C31H34ClN5O4/c1-4-26-29(35-31(40)33-17-20-5-10-27(41-3)25(32)16-20)37-18-23(15-19(2)28(37)34-26)21-6-8-22(9-7-21)30(39)36-13-11-24(38)12-14-36/h5-10,15-16,18,24,38H,4,11-14,17H2,1-3H3,(H2,33,35,40). The molecule has 0 spiro atoms. The van der Waals surface area contributed by atoms with E-state index in [1.54, 1.807) is 24.1 Å². The maximum atomic E-state index is 12.9. The van der Waals surface area contributed by atoms with E-state index in [0.717, 1.165) is 33.6 Å². The molecule has 0 atom stereocenters. The summed E-state index contributed by atoms with van der Waals surface area (Å²) < 4.78 is 7.10. The number of carbonyl (C=O) groups excluding carboxylic acids is 2. The quantitative estimate of drug-likeness (QED) is 0.271. The van der Waals surface area contributed by atoms with E-state index in [4.69, 9.17) is 21.3 Å². The lowest BCUT2D eigenvalue weighted by Crippen LogP contribution is -2.40.